The molecule has 0 radical (unpaired) electrons. The normalized spacial score (nSPS) is 24.6. The van der Waals surface area contributed by atoms with Crippen LogP contribution in [0.2, 0.25) is 0 Å². The largest absolute Gasteiger partial charge is 0.435 e. The standard InChI is InChI=1S/C16H23F2NO/c1-2-11-4-3-5-13(10-11)15(19)12-6-8-14(9-7-12)20-16(17)18/h6-9,11,13,15-16H,2-5,10,19H2,1H3. The second-order valence-electron chi connectivity index (χ2n) is 5.67. The number of alkyl halides is 2. The van der Waals surface area contributed by atoms with Gasteiger partial charge in [0, 0.05) is 6.04 Å². The first-order valence-corrected chi connectivity index (χ1v) is 7.40. The number of ether oxygens (including phenoxy) is 1. The van der Waals surface area contributed by atoms with Gasteiger partial charge in [0.2, 0.25) is 0 Å². The van der Waals surface area contributed by atoms with Crippen LogP contribution in [0.1, 0.15) is 50.6 Å². The molecule has 2 nitrogen and oxygen atoms in total. The summed E-state index contributed by atoms with van der Waals surface area (Å²) in [5.41, 5.74) is 7.36. The Kier molecular flexibility index (Phi) is 5.35. The molecule has 0 heterocycles. The molecule has 112 valence electrons. The van der Waals surface area contributed by atoms with Crippen LogP contribution in [-0.2, 0) is 0 Å². The summed E-state index contributed by atoms with van der Waals surface area (Å²) in [5.74, 6) is 1.46. The lowest BCUT2D eigenvalue weighted by molar-refractivity contribution is -0.0498. The summed E-state index contributed by atoms with van der Waals surface area (Å²) in [7, 11) is 0. The van der Waals surface area contributed by atoms with E-state index in [1.807, 2.05) is 0 Å². The molecule has 0 spiro atoms. The Labute approximate surface area is 119 Å². The molecule has 0 saturated heterocycles. The van der Waals surface area contributed by atoms with Crippen LogP contribution in [0.4, 0.5) is 8.78 Å². The van der Waals surface area contributed by atoms with E-state index < -0.39 is 6.61 Å². The molecule has 2 rings (SSSR count). The number of hydrogen-bond donors (Lipinski definition) is 1. The lowest BCUT2D eigenvalue weighted by Crippen LogP contribution is -2.26. The second kappa shape index (κ2) is 7.02. The zero-order valence-corrected chi connectivity index (χ0v) is 11.9. The number of rotatable bonds is 5. The third kappa shape index (κ3) is 3.92. The molecule has 0 aliphatic heterocycles. The predicted octanol–water partition coefficient (Wildman–Crippen LogP) is 4.50. The summed E-state index contributed by atoms with van der Waals surface area (Å²) >= 11 is 0. The molecular formula is C16H23F2NO. The molecule has 1 fully saturated rings. The van der Waals surface area contributed by atoms with E-state index in [-0.39, 0.29) is 11.8 Å². The molecule has 1 aliphatic carbocycles. The number of nitrogens with two attached hydrogens (primary N) is 1. The highest BCUT2D eigenvalue weighted by molar-refractivity contribution is 5.29. The topological polar surface area (TPSA) is 35.2 Å². The van der Waals surface area contributed by atoms with Crippen molar-refractivity contribution in [3.05, 3.63) is 29.8 Å². The first-order chi connectivity index (χ1) is 9.60. The van der Waals surface area contributed by atoms with Crippen molar-refractivity contribution >= 4 is 0 Å². The van der Waals surface area contributed by atoms with Crippen LogP contribution in [0.5, 0.6) is 5.75 Å². The van der Waals surface area contributed by atoms with Crippen molar-refractivity contribution < 1.29 is 13.5 Å². The Morgan fingerprint density at radius 2 is 1.95 bits per heavy atom. The quantitative estimate of drug-likeness (QED) is 0.863. The van der Waals surface area contributed by atoms with E-state index in [0.29, 0.717) is 5.92 Å². The Bertz CT molecular complexity index is 407. The van der Waals surface area contributed by atoms with Crippen molar-refractivity contribution in [2.75, 3.05) is 0 Å². The first kappa shape index (κ1) is 15.2. The van der Waals surface area contributed by atoms with Crippen LogP contribution in [0.3, 0.4) is 0 Å². The van der Waals surface area contributed by atoms with Gasteiger partial charge in [-0.25, -0.2) is 0 Å². The minimum Gasteiger partial charge on any atom is -0.435 e. The fourth-order valence-electron chi connectivity index (χ4n) is 3.17. The average molecular weight is 283 g/mol. The molecule has 4 heteroatoms. The van der Waals surface area contributed by atoms with Crippen molar-refractivity contribution in [1.82, 2.24) is 0 Å². The lowest BCUT2D eigenvalue weighted by atomic mass is 9.75. The molecular weight excluding hydrogens is 260 g/mol. The van der Waals surface area contributed by atoms with Gasteiger partial charge in [-0.2, -0.15) is 8.78 Å². The Morgan fingerprint density at radius 3 is 2.55 bits per heavy atom. The maximum Gasteiger partial charge on any atom is 0.387 e. The van der Waals surface area contributed by atoms with E-state index >= 15 is 0 Å². The molecule has 1 saturated carbocycles. The maximum absolute atomic E-state index is 12.1. The zero-order chi connectivity index (χ0) is 14.5. The summed E-state index contributed by atoms with van der Waals surface area (Å²) in [5, 5.41) is 0. The minimum absolute atomic E-state index is 0.00931. The molecule has 1 aromatic carbocycles. The summed E-state index contributed by atoms with van der Waals surface area (Å²) in [6, 6.07) is 6.74. The van der Waals surface area contributed by atoms with Crippen molar-refractivity contribution in [2.45, 2.75) is 51.7 Å². The lowest BCUT2D eigenvalue weighted by Gasteiger charge is -2.32. The van der Waals surface area contributed by atoms with Gasteiger partial charge < -0.3 is 10.5 Å². The summed E-state index contributed by atoms with van der Waals surface area (Å²) < 4.78 is 28.6. The third-order valence-electron chi connectivity index (χ3n) is 4.40. The molecule has 3 unspecified atom stereocenters. The van der Waals surface area contributed by atoms with Crippen molar-refractivity contribution in [3.8, 4) is 5.75 Å². The summed E-state index contributed by atoms with van der Waals surface area (Å²) in [6.07, 6.45) is 6.09. The molecule has 0 aromatic heterocycles. The van der Waals surface area contributed by atoms with Gasteiger partial charge in [0.1, 0.15) is 5.75 Å². The van der Waals surface area contributed by atoms with Gasteiger partial charge in [-0.15, -0.1) is 0 Å². The minimum atomic E-state index is -2.78. The van der Waals surface area contributed by atoms with Crippen molar-refractivity contribution in [1.29, 1.82) is 0 Å². The number of benzene rings is 1. The Morgan fingerprint density at radius 1 is 1.25 bits per heavy atom. The number of hydrogen-bond acceptors (Lipinski definition) is 2. The summed E-state index contributed by atoms with van der Waals surface area (Å²) in [6.45, 7) is -0.548. The molecule has 0 amide bonds. The van der Waals surface area contributed by atoms with E-state index in [1.54, 1.807) is 24.3 Å². The first-order valence-electron chi connectivity index (χ1n) is 7.40. The maximum atomic E-state index is 12.1. The molecule has 0 bridgehead atoms. The van der Waals surface area contributed by atoms with Crippen molar-refractivity contribution in [3.63, 3.8) is 0 Å². The van der Waals surface area contributed by atoms with Crippen LogP contribution in [0.25, 0.3) is 0 Å². The highest BCUT2D eigenvalue weighted by Gasteiger charge is 2.26. The van der Waals surface area contributed by atoms with Gasteiger partial charge in [-0.3, -0.25) is 0 Å². The predicted molar refractivity (Wildman–Crippen MR) is 75.7 cm³/mol. The van der Waals surface area contributed by atoms with Gasteiger partial charge in [-0.1, -0.05) is 38.3 Å². The second-order valence-corrected chi connectivity index (χ2v) is 5.67. The van der Waals surface area contributed by atoms with Gasteiger partial charge in [0.25, 0.3) is 0 Å². The van der Waals surface area contributed by atoms with Crippen LogP contribution in [-0.4, -0.2) is 6.61 Å². The van der Waals surface area contributed by atoms with E-state index in [2.05, 4.69) is 11.7 Å². The Hall–Kier alpha value is -1.16. The SMILES string of the molecule is CCC1CCCC(C(N)c2ccc(OC(F)F)cc2)C1. The average Bonchev–Trinajstić information content (AvgIpc) is 2.47. The molecule has 1 aromatic rings. The van der Waals surface area contributed by atoms with Gasteiger partial charge in [0.15, 0.2) is 0 Å². The molecule has 1 aliphatic rings. The van der Waals surface area contributed by atoms with Gasteiger partial charge in [0.05, 0.1) is 0 Å². The van der Waals surface area contributed by atoms with E-state index in [4.69, 9.17) is 5.73 Å². The third-order valence-corrected chi connectivity index (χ3v) is 4.40. The van der Waals surface area contributed by atoms with Crippen LogP contribution >= 0.6 is 0 Å². The highest BCUT2D eigenvalue weighted by atomic mass is 19.3. The summed E-state index contributed by atoms with van der Waals surface area (Å²) in [4.78, 5) is 0. The van der Waals surface area contributed by atoms with E-state index in [9.17, 15) is 8.78 Å². The highest BCUT2D eigenvalue weighted by Crippen LogP contribution is 2.37. The van der Waals surface area contributed by atoms with Crippen LogP contribution in [0.15, 0.2) is 24.3 Å². The van der Waals surface area contributed by atoms with Gasteiger partial charge >= 0.3 is 6.61 Å². The molecule has 2 N–H and O–H groups in total. The molecule has 20 heavy (non-hydrogen) atoms. The fraction of sp³-hybridized carbons (Fsp3) is 0.625. The van der Waals surface area contributed by atoms with E-state index in [1.165, 1.54) is 25.7 Å². The fourth-order valence-corrected chi connectivity index (χ4v) is 3.17. The van der Waals surface area contributed by atoms with Crippen LogP contribution in [0, 0.1) is 11.8 Å². The smallest absolute Gasteiger partial charge is 0.387 e. The van der Waals surface area contributed by atoms with Gasteiger partial charge in [-0.05, 0) is 42.4 Å². The van der Waals surface area contributed by atoms with Crippen LogP contribution < -0.4 is 10.5 Å². The monoisotopic (exact) mass is 283 g/mol. The Balaban J connectivity index is 1.99. The van der Waals surface area contributed by atoms with E-state index in [0.717, 1.165) is 17.9 Å². The molecule has 3 atom stereocenters. The van der Waals surface area contributed by atoms with Crippen molar-refractivity contribution in [2.24, 2.45) is 17.6 Å². The number of halogens is 2. The zero-order valence-electron chi connectivity index (χ0n) is 11.9.